The molecule has 94 valence electrons. The van der Waals surface area contributed by atoms with Gasteiger partial charge >= 0.3 is 0 Å². The van der Waals surface area contributed by atoms with E-state index in [0.717, 1.165) is 12.0 Å². The molecule has 0 radical (unpaired) electrons. The zero-order valence-electron chi connectivity index (χ0n) is 10.6. The fourth-order valence-electron chi connectivity index (χ4n) is 2.94. The highest BCUT2D eigenvalue weighted by Gasteiger charge is 2.22. The first-order valence-corrected chi connectivity index (χ1v) is 7.50. The Balaban J connectivity index is 1.86. The highest BCUT2D eigenvalue weighted by atomic mass is 79.9. The lowest BCUT2D eigenvalue weighted by Crippen LogP contribution is -2.36. The maximum absolute atomic E-state index is 3.49. The fourth-order valence-corrected chi connectivity index (χ4v) is 3.20. The number of nitrogens with one attached hydrogen (secondary N) is 1. The summed E-state index contributed by atoms with van der Waals surface area (Å²) in [5.41, 5.74) is 1.47. The van der Waals surface area contributed by atoms with Gasteiger partial charge < -0.3 is 5.32 Å². The van der Waals surface area contributed by atoms with Crippen LogP contribution in [0.3, 0.4) is 0 Å². The van der Waals surface area contributed by atoms with Gasteiger partial charge in [-0.1, -0.05) is 40.9 Å². The molecular weight excluding hydrogens is 274 g/mol. The van der Waals surface area contributed by atoms with Crippen molar-refractivity contribution in [1.29, 1.82) is 0 Å². The second-order valence-corrected chi connectivity index (χ2v) is 6.02. The number of hydrogen-bond donors (Lipinski definition) is 1. The van der Waals surface area contributed by atoms with Crippen LogP contribution in [0, 0.1) is 5.92 Å². The van der Waals surface area contributed by atoms with Crippen molar-refractivity contribution in [3.05, 3.63) is 34.3 Å². The van der Waals surface area contributed by atoms with E-state index in [0.29, 0.717) is 0 Å². The molecule has 1 aromatic carbocycles. The quantitative estimate of drug-likeness (QED) is 0.879. The van der Waals surface area contributed by atoms with Crippen molar-refractivity contribution < 1.29 is 0 Å². The zero-order valence-corrected chi connectivity index (χ0v) is 12.2. The molecule has 1 fully saturated rings. The Morgan fingerprint density at radius 2 is 1.88 bits per heavy atom. The van der Waals surface area contributed by atoms with E-state index in [4.69, 9.17) is 0 Å². The molecule has 2 atom stereocenters. The van der Waals surface area contributed by atoms with Crippen LogP contribution < -0.4 is 5.32 Å². The number of halogens is 1. The SMILES string of the molecule is CNC1CCCCC1CCc1ccc(Br)cc1. The second kappa shape index (κ2) is 6.55. The monoisotopic (exact) mass is 295 g/mol. The molecule has 2 rings (SSSR count). The minimum Gasteiger partial charge on any atom is -0.317 e. The smallest absolute Gasteiger partial charge is 0.0175 e. The normalized spacial score (nSPS) is 24.8. The van der Waals surface area contributed by atoms with Crippen molar-refractivity contribution in [1.82, 2.24) is 5.32 Å². The van der Waals surface area contributed by atoms with Crippen LogP contribution in [0.1, 0.15) is 37.7 Å². The Bertz CT molecular complexity index is 333. The van der Waals surface area contributed by atoms with Gasteiger partial charge in [-0.25, -0.2) is 0 Å². The van der Waals surface area contributed by atoms with Crippen LogP contribution >= 0.6 is 15.9 Å². The van der Waals surface area contributed by atoms with E-state index in [1.165, 1.54) is 48.6 Å². The van der Waals surface area contributed by atoms with Crippen LogP contribution in [0.5, 0.6) is 0 Å². The van der Waals surface area contributed by atoms with E-state index in [-0.39, 0.29) is 0 Å². The summed E-state index contributed by atoms with van der Waals surface area (Å²) in [6, 6.07) is 9.51. The predicted molar refractivity (Wildman–Crippen MR) is 77.3 cm³/mol. The maximum atomic E-state index is 3.49. The number of benzene rings is 1. The molecule has 0 saturated heterocycles. The van der Waals surface area contributed by atoms with Crippen molar-refractivity contribution in [3.8, 4) is 0 Å². The minimum atomic E-state index is 0.749. The largest absolute Gasteiger partial charge is 0.317 e. The van der Waals surface area contributed by atoms with Crippen LogP contribution in [0.15, 0.2) is 28.7 Å². The van der Waals surface area contributed by atoms with Crippen LogP contribution in [0.25, 0.3) is 0 Å². The molecule has 2 unspecified atom stereocenters. The summed E-state index contributed by atoms with van der Waals surface area (Å²) in [5.74, 6) is 0.873. The van der Waals surface area contributed by atoms with Gasteiger partial charge in [-0.3, -0.25) is 0 Å². The summed E-state index contributed by atoms with van der Waals surface area (Å²) < 4.78 is 1.17. The van der Waals surface area contributed by atoms with Gasteiger partial charge in [-0.2, -0.15) is 0 Å². The molecule has 0 bridgehead atoms. The first kappa shape index (κ1) is 13.1. The van der Waals surface area contributed by atoms with Gasteiger partial charge in [0.2, 0.25) is 0 Å². The van der Waals surface area contributed by atoms with Crippen LogP contribution in [-0.4, -0.2) is 13.1 Å². The predicted octanol–water partition coefficient (Wildman–Crippen LogP) is 4.16. The van der Waals surface area contributed by atoms with E-state index >= 15 is 0 Å². The summed E-state index contributed by atoms with van der Waals surface area (Å²) in [7, 11) is 2.11. The molecule has 0 spiro atoms. The Labute approximate surface area is 113 Å². The number of aryl methyl sites for hydroxylation is 1. The topological polar surface area (TPSA) is 12.0 Å². The third-order valence-corrected chi connectivity index (χ3v) is 4.53. The van der Waals surface area contributed by atoms with E-state index in [9.17, 15) is 0 Å². The van der Waals surface area contributed by atoms with E-state index in [2.05, 4.69) is 52.6 Å². The standard InChI is InChI=1S/C15H22BrN/c1-17-15-5-3-2-4-13(15)9-6-12-7-10-14(16)11-8-12/h7-8,10-11,13,15,17H,2-6,9H2,1H3. The molecule has 1 aliphatic carbocycles. The lowest BCUT2D eigenvalue weighted by Gasteiger charge is -2.31. The van der Waals surface area contributed by atoms with Gasteiger partial charge in [0.15, 0.2) is 0 Å². The Morgan fingerprint density at radius 3 is 2.59 bits per heavy atom. The van der Waals surface area contributed by atoms with Crippen molar-refractivity contribution >= 4 is 15.9 Å². The summed E-state index contributed by atoms with van der Waals surface area (Å²) >= 11 is 3.48. The summed E-state index contributed by atoms with van der Waals surface area (Å²) in [5, 5.41) is 3.49. The lowest BCUT2D eigenvalue weighted by atomic mass is 9.81. The van der Waals surface area contributed by atoms with Crippen LogP contribution in [0.2, 0.25) is 0 Å². The Kier molecular flexibility index (Phi) is 5.05. The molecule has 17 heavy (non-hydrogen) atoms. The third-order valence-electron chi connectivity index (χ3n) is 4.00. The van der Waals surface area contributed by atoms with E-state index < -0.39 is 0 Å². The minimum absolute atomic E-state index is 0.749. The average Bonchev–Trinajstić information content (AvgIpc) is 2.38. The lowest BCUT2D eigenvalue weighted by molar-refractivity contribution is 0.260. The fraction of sp³-hybridized carbons (Fsp3) is 0.600. The van der Waals surface area contributed by atoms with Crippen molar-refractivity contribution in [3.63, 3.8) is 0 Å². The molecule has 2 heteroatoms. The molecule has 1 saturated carbocycles. The molecule has 0 aliphatic heterocycles. The van der Waals surface area contributed by atoms with Crippen LogP contribution in [-0.2, 0) is 6.42 Å². The van der Waals surface area contributed by atoms with Crippen molar-refractivity contribution in [2.45, 2.75) is 44.6 Å². The number of rotatable bonds is 4. The first-order valence-electron chi connectivity index (χ1n) is 6.71. The highest BCUT2D eigenvalue weighted by Crippen LogP contribution is 2.28. The summed E-state index contributed by atoms with van der Waals surface area (Å²) in [4.78, 5) is 0. The maximum Gasteiger partial charge on any atom is 0.0175 e. The van der Waals surface area contributed by atoms with E-state index in [1.807, 2.05) is 0 Å². The molecule has 1 nitrogen and oxygen atoms in total. The van der Waals surface area contributed by atoms with Gasteiger partial charge in [0, 0.05) is 10.5 Å². The van der Waals surface area contributed by atoms with Gasteiger partial charge in [0.25, 0.3) is 0 Å². The van der Waals surface area contributed by atoms with E-state index in [1.54, 1.807) is 0 Å². The molecular formula is C15H22BrN. The van der Waals surface area contributed by atoms with Gasteiger partial charge in [-0.15, -0.1) is 0 Å². The average molecular weight is 296 g/mol. The first-order chi connectivity index (χ1) is 8.29. The third kappa shape index (κ3) is 3.82. The summed E-state index contributed by atoms with van der Waals surface area (Å²) in [6.45, 7) is 0. The second-order valence-electron chi connectivity index (χ2n) is 5.10. The summed E-state index contributed by atoms with van der Waals surface area (Å²) in [6.07, 6.45) is 8.14. The molecule has 0 heterocycles. The number of hydrogen-bond acceptors (Lipinski definition) is 1. The van der Waals surface area contributed by atoms with Crippen molar-refractivity contribution in [2.24, 2.45) is 5.92 Å². The van der Waals surface area contributed by atoms with Crippen molar-refractivity contribution in [2.75, 3.05) is 7.05 Å². The van der Waals surface area contributed by atoms with Gasteiger partial charge in [0.05, 0.1) is 0 Å². The molecule has 1 N–H and O–H groups in total. The Hall–Kier alpha value is -0.340. The highest BCUT2D eigenvalue weighted by molar-refractivity contribution is 9.10. The molecule has 0 aromatic heterocycles. The molecule has 1 aromatic rings. The van der Waals surface area contributed by atoms with Gasteiger partial charge in [-0.05, 0) is 56.3 Å². The van der Waals surface area contributed by atoms with Crippen LogP contribution in [0.4, 0.5) is 0 Å². The molecule has 1 aliphatic rings. The van der Waals surface area contributed by atoms with Gasteiger partial charge in [0.1, 0.15) is 0 Å². The Morgan fingerprint density at radius 1 is 1.18 bits per heavy atom. The molecule has 0 amide bonds. The zero-order chi connectivity index (χ0) is 12.1.